The van der Waals surface area contributed by atoms with Crippen molar-refractivity contribution in [1.82, 2.24) is 0 Å². The molecule has 0 aromatic rings. The molecule has 0 aliphatic heterocycles. The van der Waals surface area contributed by atoms with E-state index in [1.54, 1.807) is 0 Å². The Morgan fingerprint density at radius 2 is 0.600 bits per heavy atom. The summed E-state index contributed by atoms with van der Waals surface area (Å²) in [5.74, 6) is 0.564. The van der Waals surface area contributed by atoms with Crippen LogP contribution in [0.5, 0.6) is 0 Å². The van der Waals surface area contributed by atoms with E-state index < -0.39 is 0 Å². The normalized spacial score (nSPS) is 10.7. The number of rotatable bonds is 17. The van der Waals surface area contributed by atoms with Gasteiger partial charge in [0.2, 0.25) is 0 Å². The summed E-state index contributed by atoms with van der Waals surface area (Å²) in [6.45, 7) is 17.7. The van der Waals surface area contributed by atoms with E-state index in [9.17, 15) is 19.2 Å². The monoisotopic (exact) mass is 502 g/mol. The minimum atomic E-state index is -0.240. The molecule has 0 aromatic heterocycles. The summed E-state index contributed by atoms with van der Waals surface area (Å²) in [7, 11) is 0. The van der Waals surface area contributed by atoms with Crippen LogP contribution < -0.4 is 0 Å². The Morgan fingerprint density at radius 3 is 0.800 bits per heavy atom. The van der Waals surface area contributed by atoms with Crippen LogP contribution in [0.2, 0.25) is 0 Å². The molecular formula is C27H50O8. The molecule has 8 heteroatoms. The fraction of sp³-hybridized carbons (Fsp3) is 0.852. The van der Waals surface area contributed by atoms with Gasteiger partial charge in [-0.15, -0.1) is 0 Å². The van der Waals surface area contributed by atoms with E-state index in [2.05, 4.69) is 0 Å². The number of carbonyl (C=O) groups excluding carboxylic acids is 4. The van der Waals surface area contributed by atoms with Gasteiger partial charge in [-0.1, -0.05) is 55.4 Å². The Morgan fingerprint density at radius 1 is 0.400 bits per heavy atom. The maximum absolute atomic E-state index is 11.3. The Hall–Kier alpha value is -2.12. The van der Waals surface area contributed by atoms with E-state index in [4.69, 9.17) is 18.9 Å². The second kappa shape index (κ2) is 22.4. The highest BCUT2D eigenvalue weighted by molar-refractivity contribution is 5.72. The van der Waals surface area contributed by atoms with Crippen LogP contribution in [0.15, 0.2) is 0 Å². The van der Waals surface area contributed by atoms with Gasteiger partial charge in [0, 0.05) is 25.7 Å². The smallest absolute Gasteiger partial charge is 0.305 e. The molecular weight excluding hydrogens is 452 g/mol. The molecule has 0 aliphatic carbocycles. The van der Waals surface area contributed by atoms with Crippen LogP contribution in [-0.2, 0) is 38.1 Å². The molecule has 0 unspecified atom stereocenters. The maximum atomic E-state index is 11.3. The molecule has 206 valence electrons. The summed E-state index contributed by atoms with van der Waals surface area (Å²) < 4.78 is 20.1. The zero-order valence-electron chi connectivity index (χ0n) is 23.4. The number of carbonyl (C=O) groups is 4. The lowest BCUT2D eigenvalue weighted by Crippen LogP contribution is -2.12. The second-order valence-electron chi connectivity index (χ2n) is 10.4. The molecule has 0 aromatic carbocycles. The largest absolute Gasteiger partial charge is 0.465 e. The van der Waals surface area contributed by atoms with Gasteiger partial charge in [0.15, 0.2) is 0 Å². The van der Waals surface area contributed by atoms with Crippen molar-refractivity contribution in [3.63, 3.8) is 0 Å². The van der Waals surface area contributed by atoms with Crippen LogP contribution in [-0.4, -0.2) is 50.3 Å². The topological polar surface area (TPSA) is 105 Å². The van der Waals surface area contributed by atoms with E-state index >= 15 is 0 Å². The van der Waals surface area contributed by atoms with Gasteiger partial charge >= 0.3 is 23.9 Å². The molecule has 0 bridgehead atoms. The first-order valence-electron chi connectivity index (χ1n) is 13.0. The Labute approximate surface area is 212 Å². The first-order chi connectivity index (χ1) is 16.3. The van der Waals surface area contributed by atoms with Gasteiger partial charge < -0.3 is 18.9 Å². The highest BCUT2D eigenvalue weighted by atomic mass is 16.5. The van der Waals surface area contributed by atoms with Gasteiger partial charge in [-0.2, -0.15) is 0 Å². The number of unbranched alkanes of at least 4 members (excludes halogenated alkanes) is 1. The molecule has 0 amide bonds. The molecule has 0 aliphatic rings. The standard InChI is InChI=1S/C14H26O4.C13H24O4/c1-11(2)9-17-13(15)7-5-6-8-14(16)18-10-12(3)4;1-10(2)8-16-12(14)6-5-7-13(15)17-9-11(3)4/h11-12H,5-10H2,1-4H3;10-11H,5-9H2,1-4H3. The third-order valence-electron chi connectivity index (χ3n) is 4.08. The minimum absolute atomic E-state index is 0.181. The molecule has 0 saturated carbocycles. The number of hydrogen-bond donors (Lipinski definition) is 0. The van der Waals surface area contributed by atoms with E-state index in [0.29, 0.717) is 82.2 Å². The van der Waals surface area contributed by atoms with Crippen molar-refractivity contribution in [2.75, 3.05) is 26.4 Å². The lowest BCUT2D eigenvalue weighted by atomic mass is 10.2. The van der Waals surface area contributed by atoms with Gasteiger partial charge in [-0.05, 0) is 42.9 Å². The maximum Gasteiger partial charge on any atom is 0.305 e. The summed E-state index contributed by atoms with van der Waals surface area (Å²) in [6.07, 6.45) is 3.16. The molecule has 0 rings (SSSR count). The van der Waals surface area contributed by atoms with E-state index in [-0.39, 0.29) is 36.7 Å². The summed E-state index contributed by atoms with van der Waals surface area (Å²) >= 11 is 0. The molecule has 0 N–H and O–H groups in total. The Kier molecular flexibility index (Phi) is 22.4. The molecule has 0 radical (unpaired) electrons. The fourth-order valence-electron chi connectivity index (χ4n) is 2.24. The van der Waals surface area contributed by atoms with Crippen molar-refractivity contribution in [1.29, 1.82) is 0 Å². The van der Waals surface area contributed by atoms with Crippen molar-refractivity contribution >= 4 is 23.9 Å². The second-order valence-corrected chi connectivity index (χ2v) is 10.4. The summed E-state index contributed by atoms with van der Waals surface area (Å²) in [6, 6.07) is 0. The molecule has 0 saturated heterocycles. The first-order valence-corrected chi connectivity index (χ1v) is 13.0. The Bertz CT molecular complexity index is 532. The number of esters is 4. The van der Waals surface area contributed by atoms with Crippen LogP contribution in [0.1, 0.15) is 100 Å². The zero-order valence-corrected chi connectivity index (χ0v) is 23.4. The fourth-order valence-corrected chi connectivity index (χ4v) is 2.24. The van der Waals surface area contributed by atoms with Crippen LogP contribution in [0.3, 0.4) is 0 Å². The molecule has 0 heterocycles. The van der Waals surface area contributed by atoms with E-state index in [1.165, 1.54) is 0 Å². The highest BCUT2D eigenvalue weighted by Gasteiger charge is 2.09. The molecule has 0 fully saturated rings. The molecule has 0 atom stereocenters. The van der Waals surface area contributed by atoms with Crippen molar-refractivity contribution < 1.29 is 38.1 Å². The predicted molar refractivity (Wildman–Crippen MR) is 136 cm³/mol. The van der Waals surface area contributed by atoms with Gasteiger partial charge in [0.25, 0.3) is 0 Å². The number of hydrogen-bond acceptors (Lipinski definition) is 8. The van der Waals surface area contributed by atoms with Gasteiger partial charge in [0.1, 0.15) is 0 Å². The first kappa shape index (κ1) is 35.0. The van der Waals surface area contributed by atoms with Crippen LogP contribution in [0, 0.1) is 23.7 Å². The SMILES string of the molecule is CC(C)COC(=O)CCCC(=O)OCC(C)C.CC(C)COC(=O)CCCCC(=O)OCC(C)C. The third-order valence-corrected chi connectivity index (χ3v) is 4.08. The average Bonchev–Trinajstić information content (AvgIpc) is 2.76. The number of ether oxygens (including phenoxy) is 4. The van der Waals surface area contributed by atoms with Crippen LogP contribution in [0.4, 0.5) is 0 Å². The Balaban J connectivity index is 0. The van der Waals surface area contributed by atoms with Crippen molar-refractivity contribution in [2.45, 2.75) is 100 Å². The van der Waals surface area contributed by atoms with E-state index in [1.807, 2.05) is 55.4 Å². The lowest BCUT2D eigenvalue weighted by Gasteiger charge is -2.08. The molecule has 8 nitrogen and oxygen atoms in total. The van der Waals surface area contributed by atoms with Crippen LogP contribution in [0.25, 0.3) is 0 Å². The van der Waals surface area contributed by atoms with Gasteiger partial charge in [-0.25, -0.2) is 0 Å². The van der Waals surface area contributed by atoms with Crippen molar-refractivity contribution in [2.24, 2.45) is 23.7 Å². The summed E-state index contributed by atoms with van der Waals surface area (Å²) in [5, 5.41) is 0. The minimum Gasteiger partial charge on any atom is -0.465 e. The molecule has 0 spiro atoms. The van der Waals surface area contributed by atoms with Gasteiger partial charge in [0.05, 0.1) is 26.4 Å². The summed E-state index contributed by atoms with van der Waals surface area (Å²) in [4.78, 5) is 45.0. The predicted octanol–water partition coefficient (Wildman–Crippen LogP) is 5.50. The highest BCUT2D eigenvalue weighted by Crippen LogP contribution is 2.05. The quantitative estimate of drug-likeness (QED) is 0.146. The van der Waals surface area contributed by atoms with Crippen molar-refractivity contribution in [3.8, 4) is 0 Å². The third kappa shape index (κ3) is 29.8. The average molecular weight is 503 g/mol. The summed E-state index contributed by atoms with van der Waals surface area (Å²) in [5.41, 5.74) is 0. The zero-order chi connectivity index (χ0) is 27.2. The molecule has 35 heavy (non-hydrogen) atoms. The van der Waals surface area contributed by atoms with Crippen molar-refractivity contribution in [3.05, 3.63) is 0 Å². The van der Waals surface area contributed by atoms with E-state index in [0.717, 1.165) is 0 Å². The lowest BCUT2D eigenvalue weighted by molar-refractivity contribution is -0.147. The van der Waals surface area contributed by atoms with Crippen LogP contribution >= 0.6 is 0 Å². The van der Waals surface area contributed by atoms with Gasteiger partial charge in [-0.3, -0.25) is 19.2 Å².